The van der Waals surface area contributed by atoms with Gasteiger partial charge in [-0.2, -0.15) is 0 Å². The number of rotatable bonds is 2. The first-order valence-electron chi connectivity index (χ1n) is 10.8. The Kier molecular flexibility index (Phi) is 4.56. The number of benzene rings is 1. The second-order valence-corrected chi connectivity index (χ2v) is 10.3. The molecule has 5 rings (SSSR count). The smallest absolute Gasteiger partial charge is 0.217 e. The van der Waals surface area contributed by atoms with Gasteiger partial charge in [-0.05, 0) is 59.6 Å². The fraction of sp³-hybridized carbons (Fsp3) is 0.696. The molecular formula is C23H30ClNO4. The van der Waals surface area contributed by atoms with Crippen molar-refractivity contribution in [3.8, 4) is 11.5 Å². The van der Waals surface area contributed by atoms with Gasteiger partial charge in [0.05, 0.1) is 24.3 Å². The first-order chi connectivity index (χ1) is 13.8. The predicted octanol–water partition coefficient (Wildman–Crippen LogP) is 4.52. The van der Waals surface area contributed by atoms with Crippen molar-refractivity contribution in [1.82, 2.24) is 5.32 Å². The summed E-state index contributed by atoms with van der Waals surface area (Å²) in [5.41, 5.74) is 1.25. The van der Waals surface area contributed by atoms with E-state index in [1.807, 2.05) is 6.07 Å². The summed E-state index contributed by atoms with van der Waals surface area (Å²) in [7, 11) is 0. The molecule has 0 radical (unpaired) electrons. The topological polar surface area (TPSA) is 56.8 Å². The molecular weight excluding hydrogens is 390 g/mol. The van der Waals surface area contributed by atoms with E-state index in [1.54, 1.807) is 6.92 Å². The van der Waals surface area contributed by atoms with Gasteiger partial charge < -0.3 is 19.5 Å². The highest BCUT2D eigenvalue weighted by Gasteiger charge is 2.68. The third kappa shape index (κ3) is 2.88. The summed E-state index contributed by atoms with van der Waals surface area (Å²) in [6, 6.07) is 4.22. The Morgan fingerprint density at radius 1 is 1.21 bits per heavy atom. The number of hydrogen-bond acceptors (Lipinski definition) is 4. The largest absolute Gasteiger partial charge is 0.489 e. The van der Waals surface area contributed by atoms with Crippen LogP contribution < -0.4 is 14.8 Å². The van der Waals surface area contributed by atoms with Crippen LogP contribution in [0, 0.1) is 22.7 Å². The van der Waals surface area contributed by atoms with Crippen molar-refractivity contribution in [2.75, 3.05) is 19.8 Å². The van der Waals surface area contributed by atoms with Crippen molar-refractivity contribution in [3.05, 3.63) is 22.7 Å². The molecule has 0 aromatic heterocycles. The quantitative estimate of drug-likeness (QED) is 0.765. The molecule has 6 heteroatoms. The average Bonchev–Trinajstić information content (AvgIpc) is 3.02. The van der Waals surface area contributed by atoms with Gasteiger partial charge in [0, 0.05) is 26.0 Å². The number of nitrogens with one attached hydrogen (secondary N) is 1. The van der Waals surface area contributed by atoms with Gasteiger partial charge in [-0.25, -0.2) is 0 Å². The van der Waals surface area contributed by atoms with Crippen molar-refractivity contribution < 1.29 is 19.0 Å². The van der Waals surface area contributed by atoms with E-state index < -0.39 is 0 Å². The zero-order chi connectivity index (χ0) is 20.4. The van der Waals surface area contributed by atoms with Gasteiger partial charge in [0.15, 0.2) is 11.5 Å². The Morgan fingerprint density at radius 3 is 2.79 bits per heavy atom. The summed E-state index contributed by atoms with van der Waals surface area (Å²) in [4.78, 5) is 12.0. The van der Waals surface area contributed by atoms with Crippen molar-refractivity contribution in [1.29, 1.82) is 0 Å². The second-order valence-electron chi connectivity index (χ2n) is 9.85. The molecule has 1 aromatic rings. The van der Waals surface area contributed by atoms with Crippen LogP contribution in [-0.2, 0) is 9.53 Å². The Labute approximate surface area is 177 Å². The van der Waals surface area contributed by atoms with Gasteiger partial charge in [-0.3, -0.25) is 4.79 Å². The number of carbonyl (C=O) groups excluding carboxylic acids is 1. The van der Waals surface area contributed by atoms with E-state index in [0.717, 1.165) is 37.0 Å². The molecule has 2 bridgehead atoms. The summed E-state index contributed by atoms with van der Waals surface area (Å²) in [5, 5.41) is 3.92. The predicted molar refractivity (Wildman–Crippen MR) is 110 cm³/mol. The molecule has 5 nitrogen and oxygen atoms in total. The zero-order valence-corrected chi connectivity index (χ0v) is 18.2. The first-order valence-corrected chi connectivity index (χ1v) is 11.2. The highest BCUT2D eigenvalue weighted by Crippen LogP contribution is 2.70. The van der Waals surface area contributed by atoms with Crippen LogP contribution in [0.5, 0.6) is 11.5 Å². The van der Waals surface area contributed by atoms with Crippen LogP contribution in [0.25, 0.3) is 0 Å². The van der Waals surface area contributed by atoms with E-state index in [1.165, 1.54) is 0 Å². The molecule has 29 heavy (non-hydrogen) atoms. The summed E-state index contributed by atoms with van der Waals surface area (Å²) in [6.07, 6.45) is 4.10. The molecule has 1 unspecified atom stereocenters. The standard InChI is InChI=1S/C23H30ClNO4/c1-13(26)25-21-22(2,3)15-11-16-19(29-8-5-23(16,21)12-15)14-9-17(24)20-18(10-14)27-6-4-7-28-20/h9-10,15-16,19,21H,4-8,11-12H2,1-3H3,(H,25,26)/t15-,16-,19-,21+,23?/m1/s1. The van der Waals surface area contributed by atoms with Gasteiger partial charge >= 0.3 is 0 Å². The first kappa shape index (κ1) is 19.5. The zero-order valence-electron chi connectivity index (χ0n) is 17.4. The summed E-state index contributed by atoms with van der Waals surface area (Å²) >= 11 is 6.58. The van der Waals surface area contributed by atoms with Crippen LogP contribution in [0.2, 0.25) is 5.02 Å². The lowest BCUT2D eigenvalue weighted by molar-refractivity contribution is -0.136. The molecule has 2 aliphatic carbocycles. The van der Waals surface area contributed by atoms with Crippen molar-refractivity contribution in [2.24, 2.45) is 22.7 Å². The highest BCUT2D eigenvalue weighted by molar-refractivity contribution is 6.32. The number of carbonyl (C=O) groups is 1. The number of ether oxygens (including phenoxy) is 3. The third-order valence-corrected chi connectivity index (χ3v) is 8.29. The minimum Gasteiger partial charge on any atom is -0.489 e. The van der Waals surface area contributed by atoms with E-state index in [0.29, 0.717) is 42.4 Å². The normalized spacial score (nSPS) is 37.0. The summed E-state index contributed by atoms with van der Waals surface area (Å²) < 4.78 is 18.1. The van der Waals surface area contributed by atoms with Crippen LogP contribution >= 0.6 is 11.6 Å². The molecule has 3 fully saturated rings. The Balaban J connectivity index is 1.52. The molecule has 2 aliphatic heterocycles. The van der Waals surface area contributed by atoms with Crippen molar-refractivity contribution in [2.45, 2.75) is 58.6 Å². The lowest BCUT2D eigenvalue weighted by atomic mass is 9.59. The highest BCUT2D eigenvalue weighted by atomic mass is 35.5. The van der Waals surface area contributed by atoms with Gasteiger partial charge in [-0.1, -0.05) is 25.4 Å². The summed E-state index contributed by atoms with van der Waals surface area (Å²) in [5.74, 6) is 2.38. The van der Waals surface area contributed by atoms with E-state index in [2.05, 4.69) is 25.2 Å². The monoisotopic (exact) mass is 419 g/mol. The maximum Gasteiger partial charge on any atom is 0.217 e. The fourth-order valence-electron chi connectivity index (χ4n) is 6.74. The summed E-state index contributed by atoms with van der Waals surface area (Å²) in [6.45, 7) is 8.22. The molecule has 1 saturated heterocycles. The fourth-order valence-corrected chi connectivity index (χ4v) is 7.01. The van der Waals surface area contributed by atoms with E-state index in [9.17, 15) is 4.79 Å². The van der Waals surface area contributed by atoms with Crippen LogP contribution in [0.3, 0.4) is 0 Å². The number of hydrogen-bond donors (Lipinski definition) is 1. The lowest BCUT2D eigenvalue weighted by Gasteiger charge is -2.53. The van der Waals surface area contributed by atoms with E-state index >= 15 is 0 Å². The molecule has 2 heterocycles. The maximum absolute atomic E-state index is 12.0. The average molecular weight is 420 g/mol. The minimum atomic E-state index is -0.0317. The van der Waals surface area contributed by atoms with Crippen molar-refractivity contribution >= 4 is 17.5 Å². The van der Waals surface area contributed by atoms with Crippen LogP contribution in [0.1, 0.15) is 58.1 Å². The Morgan fingerprint density at radius 2 is 2.00 bits per heavy atom. The number of halogens is 1. The van der Waals surface area contributed by atoms with Crippen molar-refractivity contribution in [3.63, 3.8) is 0 Å². The Bertz CT molecular complexity index is 840. The maximum atomic E-state index is 12.0. The van der Waals surface area contributed by atoms with Crippen LogP contribution in [0.4, 0.5) is 0 Å². The van der Waals surface area contributed by atoms with E-state index in [-0.39, 0.29) is 28.9 Å². The molecule has 2 saturated carbocycles. The molecule has 1 spiro atoms. The minimum absolute atomic E-state index is 0.0317. The van der Waals surface area contributed by atoms with Gasteiger partial charge in [0.25, 0.3) is 0 Å². The van der Waals surface area contributed by atoms with E-state index in [4.69, 9.17) is 25.8 Å². The second kappa shape index (κ2) is 6.78. The molecule has 1 aromatic carbocycles. The molecule has 158 valence electrons. The SMILES string of the molecule is CC(=O)N[C@H]1C(C)(C)[C@@H]2C[C@@H]3[C@@H](c4cc(Cl)c5c(c4)OCCCO5)OCCC31C2. The van der Waals surface area contributed by atoms with Gasteiger partial charge in [0.2, 0.25) is 5.91 Å². The van der Waals surface area contributed by atoms with Crippen LogP contribution in [0.15, 0.2) is 12.1 Å². The Hall–Kier alpha value is -1.46. The number of fused-ring (bicyclic) bond motifs is 2. The molecule has 1 N–H and O–H groups in total. The van der Waals surface area contributed by atoms with Crippen LogP contribution in [-0.4, -0.2) is 31.8 Å². The molecule has 1 amide bonds. The molecule has 5 atom stereocenters. The van der Waals surface area contributed by atoms with Gasteiger partial charge in [0.1, 0.15) is 0 Å². The lowest BCUT2D eigenvalue weighted by Crippen LogP contribution is -2.58. The number of amides is 1. The van der Waals surface area contributed by atoms with Gasteiger partial charge in [-0.15, -0.1) is 0 Å². The third-order valence-electron chi connectivity index (χ3n) is 8.01. The molecule has 4 aliphatic rings.